The molecule has 5 heteroatoms. The van der Waals surface area contributed by atoms with Gasteiger partial charge in [-0.2, -0.15) is 5.26 Å². The molecule has 0 amide bonds. The fraction of sp³-hybridized carbons (Fsp3) is 0. The first-order valence-corrected chi connectivity index (χ1v) is 7.10. The smallest absolute Gasteiger partial charge is 0.159 e. The lowest BCUT2D eigenvalue weighted by molar-refractivity contribution is 0.484. The van der Waals surface area contributed by atoms with E-state index in [4.69, 9.17) is 15.7 Å². The Balaban J connectivity index is 2.05. The van der Waals surface area contributed by atoms with E-state index in [9.17, 15) is 8.78 Å². The number of ether oxygens (including phenoxy) is 1. The molecule has 2 N–H and O–H groups in total. The Bertz CT molecular complexity index is 948. The predicted octanol–water partition coefficient (Wildman–Crippen LogP) is 4.88. The van der Waals surface area contributed by atoms with Gasteiger partial charge < -0.3 is 10.5 Å². The molecule has 24 heavy (non-hydrogen) atoms. The zero-order chi connectivity index (χ0) is 17.1. The molecule has 0 aliphatic heterocycles. The maximum Gasteiger partial charge on any atom is 0.159 e. The number of anilines is 1. The summed E-state index contributed by atoms with van der Waals surface area (Å²) in [6.07, 6.45) is 0. The Labute approximate surface area is 137 Å². The summed E-state index contributed by atoms with van der Waals surface area (Å²) in [6, 6.07) is 17.2. The van der Waals surface area contributed by atoms with Crippen molar-refractivity contribution in [1.82, 2.24) is 0 Å². The molecule has 3 nitrogen and oxygen atoms in total. The quantitative estimate of drug-likeness (QED) is 0.699. The molecular formula is C19H12F2N2O. The number of benzene rings is 3. The van der Waals surface area contributed by atoms with Crippen molar-refractivity contribution in [1.29, 1.82) is 5.26 Å². The van der Waals surface area contributed by atoms with Crippen molar-refractivity contribution in [3.8, 4) is 28.7 Å². The molecule has 0 fully saturated rings. The summed E-state index contributed by atoms with van der Waals surface area (Å²) in [4.78, 5) is 0. The van der Waals surface area contributed by atoms with Crippen molar-refractivity contribution < 1.29 is 13.5 Å². The van der Waals surface area contributed by atoms with Crippen LogP contribution in [0.2, 0.25) is 0 Å². The van der Waals surface area contributed by atoms with Crippen LogP contribution in [0, 0.1) is 23.0 Å². The van der Waals surface area contributed by atoms with Crippen molar-refractivity contribution in [2.24, 2.45) is 0 Å². The number of rotatable bonds is 3. The van der Waals surface area contributed by atoms with Gasteiger partial charge >= 0.3 is 0 Å². The van der Waals surface area contributed by atoms with Crippen LogP contribution >= 0.6 is 0 Å². The van der Waals surface area contributed by atoms with E-state index in [-0.39, 0.29) is 0 Å². The summed E-state index contributed by atoms with van der Waals surface area (Å²) < 4.78 is 32.5. The zero-order valence-electron chi connectivity index (χ0n) is 12.5. The number of hydrogen-bond donors (Lipinski definition) is 1. The molecule has 0 bridgehead atoms. The van der Waals surface area contributed by atoms with Crippen LogP contribution in [0.15, 0.2) is 60.7 Å². The van der Waals surface area contributed by atoms with Crippen LogP contribution in [0.4, 0.5) is 14.5 Å². The number of nitriles is 1. The third kappa shape index (κ3) is 3.18. The van der Waals surface area contributed by atoms with Gasteiger partial charge in [-0.05, 0) is 48.0 Å². The highest BCUT2D eigenvalue weighted by molar-refractivity contribution is 5.73. The first-order valence-electron chi connectivity index (χ1n) is 7.10. The van der Waals surface area contributed by atoms with E-state index in [1.54, 1.807) is 42.5 Å². The molecule has 0 spiro atoms. The minimum atomic E-state index is -0.943. The lowest BCUT2D eigenvalue weighted by Crippen LogP contribution is -1.93. The van der Waals surface area contributed by atoms with Crippen molar-refractivity contribution in [2.45, 2.75) is 0 Å². The van der Waals surface area contributed by atoms with Gasteiger partial charge in [-0.1, -0.05) is 12.1 Å². The van der Waals surface area contributed by atoms with Crippen molar-refractivity contribution >= 4 is 5.69 Å². The largest absolute Gasteiger partial charge is 0.457 e. The van der Waals surface area contributed by atoms with Crippen LogP contribution in [0.25, 0.3) is 11.1 Å². The average molecular weight is 322 g/mol. The predicted molar refractivity (Wildman–Crippen MR) is 87.4 cm³/mol. The highest BCUT2D eigenvalue weighted by Crippen LogP contribution is 2.35. The maximum atomic E-state index is 13.5. The van der Waals surface area contributed by atoms with E-state index in [0.717, 1.165) is 12.1 Å². The summed E-state index contributed by atoms with van der Waals surface area (Å²) in [5.74, 6) is -1.03. The molecule has 0 aliphatic rings. The number of nitrogens with two attached hydrogens (primary N) is 1. The molecule has 0 saturated carbocycles. The molecule has 0 saturated heterocycles. The molecule has 118 valence electrons. The molecule has 0 unspecified atom stereocenters. The van der Waals surface area contributed by atoms with Gasteiger partial charge in [-0.3, -0.25) is 0 Å². The van der Waals surface area contributed by atoms with Crippen LogP contribution in [0.1, 0.15) is 5.56 Å². The summed E-state index contributed by atoms with van der Waals surface area (Å²) in [5.41, 5.74) is 7.74. The van der Waals surface area contributed by atoms with E-state index in [1.165, 1.54) is 6.07 Å². The van der Waals surface area contributed by atoms with Gasteiger partial charge in [0, 0.05) is 17.3 Å². The second kappa shape index (κ2) is 6.39. The van der Waals surface area contributed by atoms with Crippen molar-refractivity contribution in [3.05, 3.63) is 77.9 Å². The van der Waals surface area contributed by atoms with Gasteiger partial charge in [0.2, 0.25) is 0 Å². The lowest BCUT2D eigenvalue weighted by atomic mass is 10.0. The van der Waals surface area contributed by atoms with E-state index >= 15 is 0 Å². The highest BCUT2D eigenvalue weighted by Gasteiger charge is 2.11. The van der Waals surface area contributed by atoms with E-state index in [0.29, 0.717) is 33.9 Å². The Morgan fingerprint density at radius 1 is 0.917 bits per heavy atom. The van der Waals surface area contributed by atoms with Gasteiger partial charge in [0.05, 0.1) is 11.6 Å². The normalized spacial score (nSPS) is 10.2. The van der Waals surface area contributed by atoms with Crippen molar-refractivity contribution in [2.75, 3.05) is 5.73 Å². The van der Waals surface area contributed by atoms with Crippen LogP contribution < -0.4 is 10.5 Å². The number of nitrogens with zero attached hydrogens (tertiary/aromatic N) is 1. The number of nitrogen functional groups attached to an aromatic ring is 1. The number of hydrogen-bond acceptors (Lipinski definition) is 3. The summed E-state index contributed by atoms with van der Waals surface area (Å²) in [5, 5.41) is 8.96. The minimum Gasteiger partial charge on any atom is -0.457 e. The van der Waals surface area contributed by atoms with E-state index in [2.05, 4.69) is 0 Å². The topological polar surface area (TPSA) is 59.0 Å². The van der Waals surface area contributed by atoms with E-state index < -0.39 is 11.6 Å². The van der Waals surface area contributed by atoms with Crippen molar-refractivity contribution in [3.63, 3.8) is 0 Å². The second-order valence-corrected chi connectivity index (χ2v) is 5.13. The Morgan fingerprint density at radius 2 is 1.75 bits per heavy atom. The van der Waals surface area contributed by atoms with Gasteiger partial charge in [0.1, 0.15) is 11.5 Å². The molecule has 0 atom stereocenters. The fourth-order valence-corrected chi connectivity index (χ4v) is 2.28. The third-order valence-electron chi connectivity index (χ3n) is 3.43. The Hall–Kier alpha value is -3.39. The van der Waals surface area contributed by atoms with Gasteiger partial charge in [-0.15, -0.1) is 0 Å². The first kappa shape index (κ1) is 15.5. The molecule has 3 aromatic carbocycles. The number of halogens is 2. The lowest BCUT2D eigenvalue weighted by Gasteiger charge is -2.13. The standard InChI is InChI=1S/C19H12F2N2O/c20-17-7-4-13(9-18(17)21)16-6-5-14(23)10-19(16)24-15-3-1-2-12(8-15)11-22/h1-10H,23H2. The molecular weight excluding hydrogens is 310 g/mol. The third-order valence-corrected chi connectivity index (χ3v) is 3.43. The molecule has 0 aromatic heterocycles. The Morgan fingerprint density at radius 3 is 2.50 bits per heavy atom. The van der Waals surface area contributed by atoms with Crippen LogP contribution in [0.5, 0.6) is 11.5 Å². The molecule has 0 radical (unpaired) electrons. The summed E-state index contributed by atoms with van der Waals surface area (Å²) >= 11 is 0. The fourth-order valence-electron chi connectivity index (χ4n) is 2.28. The molecule has 0 heterocycles. The summed E-state index contributed by atoms with van der Waals surface area (Å²) in [6.45, 7) is 0. The summed E-state index contributed by atoms with van der Waals surface area (Å²) in [7, 11) is 0. The van der Waals surface area contributed by atoms with Crippen LogP contribution in [-0.2, 0) is 0 Å². The average Bonchev–Trinajstić information content (AvgIpc) is 2.58. The first-order chi connectivity index (χ1) is 11.6. The maximum absolute atomic E-state index is 13.5. The van der Waals surface area contributed by atoms with Gasteiger partial charge in [-0.25, -0.2) is 8.78 Å². The zero-order valence-corrected chi connectivity index (χ0v) is 12.5. The SMILES string of the molecule is N#Cc1cccc(Oc2cc(N)ccc2-c2ccc(F)c(F)c2)c1. The molecule has 0 aliphatic carbocycles. The van der Waals surface area contributed by atoms with E-state index in [1.807, 2.05) is 6.07 Å². The van der Waals surface area contributed by atoms with Crippen LogP contribution in [-0.4, -0.2) is 0 Å². The monoisotopic (exact) mass is 322 g/mol. The Kier molecular flexibility index (Phi) is 4.13. The van der Waals surface area contributed by atoms with Gasteiger partial charge in [0.15, 0.2) is 11.6 Å². The second-order valence-electron chi connectivity index (χ2n) is 5.13. The minimum absolute atomic E-state index is 0.385. The van der Waals surface area contributed by atoms with Crippen LogP contribution in [0.3, 0.4) is 0 Å². The highest BCUT2D eigenvalue weighted by atomic mass is 19.2. The van der Waals surface area contributed by atoms with Gasteiger partial charge in [0.25, 0.3) is 0 Å². The molecule has 3 rings (SSSR count). The molecule has 3 aromatic rings.